The molecular formula is C31H24Cl2F6N2O7. The van der Waals surface area contributed by atoms with Gasteiger partial charge in [-0.1, -0.05) is 11.6 Å². The SMILES string of the molecule is COc1cc(O)cc(OC)c1C1C2=CCC3C(=O)N(c4cc(C(F)(F)F)cc(C(F)(F)F)c4)C(=O)C3C2CC2(Cl)C(=O)N(C)C(=O)C12Cl. The summed E-state index contributed by atoms with van der Waals surface area (Å²) >= 11 is 14.2. The number of carbonyl (C=O) groups is 4. The summed E-state index contributed by atoms with van der Waals surface area (Å²) in [5, 5.41) is 10.3. The van der Waals surface area contributed by atoms with Gasteiger partial charge in [0.25, 0.3) is 11.8 Å². The van der Waals surface area contributed by atoms with E-state index in [1.54, 1.807) is 0 Å². The van der Waals surface area contributed by atoms with Gasteiger partial charge in [-0.05, 0) is 37.0 Å². The molecule has 6 atom stereocenters. The first kappa shape index (κ1) is 33.9. The number of carbonyl (C=O) groups excluding carboxylic acids is 4. The Bertz CT molecular complexity index is 1770. The molecule has 0 aromatic heterocycles. The number of hydrogen-bond donors (Lipinski definition) is 1. The van der Waals surface area contributed by atoms with Crippen molar-refractivity contribution in [1.82, 2.24) is 4.90 Å². The van der Waals surface area contributed by atoms with Gasteiger partial charge in [0.05, 0.1) is 42.9 Å². The van der Waals surface area contributed by atoms with Crippen molar-refractivity contribution in [3.8, 4) is 17.2 Å². The molecule has 256 valence electrons. The second-order valence-electron chi connectivity index (χ2n) is 12.0. The maximum Gasteiger partial charge on any atom is 0.416 e. The standard InChI is InChI=1S/C31H24Cl2F6N2O7/c1-40-26(45)28(32)11-18-16(23(29(28,33)27(40)46)22-19(47-2)9-15(42)10-20(22)48-3)4-5-17-21(18)25(44)41(24(17)43)14-7-12(30(34,35)36)6-13(8-14)31(37,38)39/h4,6-10,17-18,21,23,42H,5,11H2,1-3H3. The number of ether oxygens (including phenoxy) is 2. The molecular weight excluding hydrogens is 697 g/mol. The summed E-state index contributed by atoms with van der Waals surface area (Å²) in [4.78, 5) is 51.8. The number of anilines is 1. The topological polar surface area (TPSA) is 113 Å². The summed E-state index contributed by atoms with van der Waals surface area (Å²) in [7, 11) is 3.64. The van der Waals surface area contributed by atoms with Crippen LogP contribution in [0.2, 0.25) is 0 Å². The number of nitrogens with zero attached hydrogens (tertiary/aromatic N) is 2. The number of likely N-dealkylation sites (tertiary alicyclic amines) is 1. The number of imide groups is 2. The Morgan fingerprint density at radius 2 is 1.38 bits per heavy atom. The number of rotatable bonds is 4. The van der Waals surface area contributed by atoms with Crippen molar-refractivity contribution in [2.45, 2.75) is 40.9 Å². The van der Waals surface area contributed by atoms with Gasteiger partial charge in [-0.3, -0.25) is 24.1 Å². The van der Waals surface area contributed by atoms with Gasteiger partial charge in [-0.2, -0.15) is 26.3 Å². The lowest BCUT2D eigenvalue weighted by Gasteiger charge is -2.51. The molecule has 2 aromatic carbocycles. The van der Waals surface area contributed by atoms with E-state index in [0.717, 1.165) is 11.9 Å². The normalized spacial score (nSPS) is 30.3. The second-order valence-corrected chi connectivity index (χ2v) is 13.3. The molecule has 0 bridgehead atoms. The quantitative estimate of drug-likeness (QED) is 0.188. The average Bonchev–Trinajstić information content (AvgIpc) is 3.34. The molecule has 3 fully saturated rings. The lowest BCUT2D eigenvalue weighted by molar-refractivity contribution is -0.143. The number of alkyl halides is 8. The van der Waals surface area contributed by atoms with E-state index >= 15 is 0 Å². The van der Waals surface area contributed by atoms with Gasteiger partial charge < -0.3 is 14.6 Å². The molecule has 4 aliphatic rings. The van der Waals surface area contributed by atoms with Gasteiger partial charge in [0.15, 0.2) is 9.75 Å². The fraction of sp³-hybridized carbons (Fsp3) is 0.419. The van der Waals surface area contributed by atoms with Crippen molar-refractivity contribution in [2.24, 2.45) is 17.8 Å². The molecule has 17 heteroatoms. The summed E-state index contributed by atoms with van der Waals surface area (Å²) < 4.78 is 93.2. The average molecular weight is 721 g/mol. The van der Waals surface area contributed by atoms with Crippen LogP contribution in [0.4, 0.5) is 32.0 Å². The first-order chi connectivity index (χ1) is 22.2. The zero-order chi connectivity index (χ0) is 35.5. The van der Waals surface area contributed by atoms with E-state index in [2.05, 4.69) is 0 Å². The van der Waals surface area contributed by atoms with E-state index in [9.17, 15) is 50.6 Å². The number of methoxy groups -OCH3 is 2. The maximum atomic E-state index is 14.1. The summed E-state index contributed by atoms with van der Waals surface area (Å²) in [5.41, 5.74) is -4.09. The molecule has 2 aromatic rings. The Hall–Kier alpha value is -3.98. The van der Waals surface area contributed by atoms with Gasteiger partial charge in [0.1, 0.15) is 17.2 Å². The Morgan fingerprint density at radius 3 is 1.88 bits per heavy atom. The van der Waals surface area contributed by atoms with E-state index in [1.165, 1.54) is 32.4 Å². The number of phenols is 1. The predicted molar refractivity (Wildman–Crippen MR) is 156 cm³/mol. The summed E-state index contributed by atoms with van der Waals surface area (Å²) in [5.74, 6) is -9.69. The molecule has 6 rings (SSSR count). The van der Waals surface area contributed by atoms with Gasteiger partial charge in [0.2, 0.25) is 11.8 Å². The number of halogens is 8. The first-order valence-electron chi connectivity index (χ1n) is 14.2. The molecule has 1 saturated carbocycles. The molecule has 2 aliphatic carbocycles. The second kappa shape index (κ2) is 10.8. The number of aromatic hydroxyl groups is 1. The van der Waals surface area contributed by atoms with Crippen LogP contribution in [0.5, 0.6) is 17.2 Å². The van der Waals surface area contributed by atoms with Crippen LogP contribution in [-0.4, -0.2) is 64.7 Å². The zero-order valence-corrected chi connectivity index (χ0v) is 26.5. The molecule has 0 radical (unpaired) electrons. The smallest absolute Gasteiger partial charge is 0.416 e. The van der Waals surface area contributed by atoms with Crippen LogP contribution in [0.1, 0.15) is 35.4 Å². The molecule has 1 N–H and O–H groups in total. The lowest BCUT2D eigenvalue weighted by Crippen LogP contribution is -2.60. The fourth-order valence-electron chi connectivity index (χ4n) is 7.59. The highest BCUT2D eigenvalue weighted by molar-refractivity contribution is 6.53. The van der Waals surface area contributed by atoms with Crippen LogP contribution in [-0.2, 0) is 31.5 Å². The van der Waals surface area contributed by atoms with E-state index in [0.29, 0.717) is 4.90 Å². The predicted octanol–water partition coefficient (Wildman–Crippen LogP) is 5.64. The highest BCUT2D eigenvalue weighted by atomic mass is 35.5. The Labute approximate surface area is 277 Å². The number of phenolic OH excluding ortho intramolecular Hbond substituents is 1. The fourth-order valence-corrected chi connectivity index (χ4v) is 8.60. The van der Waals surface area contributed by atoms with Crippen molar-refractivity contribution in [3.63, 3.8) is 0 Å². The van der Waals surface area contributed by atoms with Crippen LogP contribution >= 0.6 is 23.2 Å². The molecule has 2 saturated heterocycles. The Balaban J connectivity index is 1.55. The van der Waals surface area contributed by atoms with Crippen LogP contribution < -0.4 is 14.4 Å². The minimum absolute atomic E-state index is 0.0477. The zero-order valence-electron chi connectivity index (χ0n) is 25.0. The van der Waals surface area contributed by atoms with Crippen LogP contribution in [0.15, 0.2) is 42.0 Å². The minimum atomic E-state index is -5.25. The minimum Gasteiger partial charge on any atom is -0.508 e. The van der Waals surface area contributed by atoms with Gasteiger partial charge in [-0.15, -0.1) is 23.2 Å². The van der Waals surface area contributed by atoms with Gasteiger partial charge in [-0.25, -0.2) is 4.90 Å². The maximum absolute atomic E-state index is 14.1. The molecule has 9 nitrogen and oxygen atoms in total. The van der Waals surface area contributed by atoms with E-state index in [-0.39, 0.29) is 53.0 Å². The summed E-state index contributed by atoms with van der Waals surface area (Å²) in [6.07, 6.45) is -9.73. The molecule has 48 heavy (non-hydrogen) atoms. The van der Waals surface area contributed by atoms with E-state index < -0.39 is 92.6 Å². The van der Waals surface area contributed by atoms with Gasteiger partial charge >= 0.3 is 12.4 Å². The third-order valence-corrected chi connectivity index (χ3v) is 11.1. The first-order valence-corrected chi connectivity index (χ1v) is 15.0. The highest BCUT2D eigenvalue weighted by Gasteiger charge is 2.76. The van der Waals surface area contributed by atoms with E-state index in [1.807, 2.05) is 0 Å². The van der Waals surface area contributed by atoms with Crippen LogP contribution in [0.3, 0.4) is 0 Å². The van der Waals surface area contributed by atoms with Gasteiger partial charge in [0, 0.05) is 30.7 Å². The number of hydrogen-bond acceptors (Lipinski definition) is 7. The number of benzene rings is 2. The van der Waals surface area contributed by atoms with Crippen molar-refractivity contribution < 1.29 is 60.1 Å². The molecule has 0 spiro atoms. The van der Waals surface area contributed by atoms with Crippen molar-refractivity contribution in [2.75, 3.05) is 26.2 Å². The molecule has 4 amide bonds. The van der Waals surface area contributed by atoms with E-state index in [4.69, 9.17) is 32.7 Å². The Kier molecular flexibility index (Phi) is 7.60. The molecule has 2 aliphatic heterocycles. The summed E-state index contributed by atoms with van der Waals surface area (Å²) in [6.45, 7) is 0. The van der Waals surface area contributed by atoms with Crippen molar-refractivity contribution in [1.29, 1.82) is 0 Å². The monoisotopic (exact) mass is 720 g/mol. The number of fused-ring (bicyclic) bond motifs is 4. The molecule has 6 unspecified atom stereocenters. The largest absolute Gasteiger partial charge is 0.508 e. The third kappa shape index (κ3) is 4.52. The van der Waals surface area contributed by atoms with Crippen LogP contribution in [0.25, 0.3) is 0 Å². The number of amides is 4. The van der Waals surface area contributed by atoms with Crippen LogP contribution in [0, 0.1) is 17.8 Å². The lowest BCUT2D eigenvalue weighted by atomic mass is 9.56. The van der Waals surface area contributed by atoms with Crippen molar-refractivity contribution in [3.05, 3.63) is 58.7 Å². The highest BCUT2D eigenvalue weighted by Crippen LogP contribution is 2.67. The Morgan fingerprint density at radius 1 is 0.833 bits per heavy atom. The molecule has 2 heterocycles. The third-order valence-electron chi connectivity index (χ3n) is 9.66. The number of allylic oxidation sites excluding steroid dienone is 2. The summed E-state index contributed by atoms with van der Waals surface area (Å²) in [6, 6.07) is 2.82. The van der Waals surface area contributed by atoms with Crippen molar-refractivity contribution >= 4 is 52.5 Å².